The van der Waals surface area contributed by atoms with Crippen LogP contribution in [0.15, 0.2) is 12.3 Å². The van der Waals surface area contributed by atoms with E-state index in [1.807, 2.05) is 0 Å². The van der Waals surface area contributed by atoms with E-state index in [0.717, 1.165) is 6.07 Å². The Morgan fingerprint density at radius 1 is 1.50 bits per heavy atom. The molecule has 0 unspecified atom stereocenters. The van der Waals surface area contributed by atoms with Gasteiger partial charge in [-0.25, -0.2) is 4.39 Å². The third-order valence-electron chi connectivity index (χ3n) is 1.52. The number of halogens is 1. The molecule has 0 bridgehead atoms. The van der Waals surface area contributed by atoms with Crippen molar-refractivity contribution >= 4 is 0 Å². The Morgan fingerprint density at radius 2 is 2.25 bits per heavy atom. The Balaban J connectivity index is 2.78. The Bertz CT molecular complexity index is 265. The first-order valence-corrected chi connectivity index (χ1v) is 3.69. The maximum absolute atomic E-state index is 12.7. The molecule has 0 saturated carbocycles. The number of aryl methyl sites for hydroxylation is 1. The Labute approximate surface area is 69.5 Å². The summed E-state index contributed by atoms with van der Waals surface area (Å²) >= 11 is 0. The molecule has 1 heterocycles. The summed E-state index contributed by atoms with van der Waals surface area (Å²) in [5, 5.41) is 17.6. The van der Waals surface area contributed by atoms with E-state index in [9.17, 15) is 4.39 Å². The predicted octanol–water partition coefficient (Wildman–Crippen LogP) is 0.851. The molecule has 0 radical (unpaired) electrons. The van der Waals surface area contributed by atoms with Gasteiger partial charge in [0, 0.05) is 12.8 Å². The second kappa shape index (κ2) is 4.01. The predicted molar refractivity (Wildman–Crippen MR) is 41.3 cm³/mol. The van der Waals surface area contributed by atoms with Gasteiger partial charge in [0.15, 0.2) is 11.6 Å². The first-order chi connectivity index (χ1) is 5.75. The van der Waals surface area contributed by atoms with Crippen LogP contribution in [0.5, 0.6) is 5.75 Å². The number of hydrogen-bond donors (Lipinski definition) is 2. The lowest BCUT2D eigenvalue weighted by Gasteiger charge is -2.01. The van der Waals surface area contributed by atoms with E-state index in [-0.39, 0.29) is 6.61 Å². The van der Waals surface area contributed by atoms with Gasteiger partial charge in [0.1, 0.15) is 0 Å². The highest BCUT2D eigenvalue weighted by molar-refractivity contribution is 5.26. The number of aromatic hydroxyl groups is 1. The van der Waals surface area contributed by atoms with E-state index in [4.69, 9.17) is 10.2 Å². The van der Waals surface area contributed by atoms with Crippen LogP contribution in [0.2, 0.25) is 0 Å². The van der Waals surface area contributed by atoms with Gasteiger partial charge < -0.3 is 10.2 Å². The molecule has 2 N–H and O–H groups in total. The molecule has 66 valence electrons. The van der Waals surface area contributed by atoms with E-state index in [0.29, 0.717) is 18.5 Å². The molecule has 1 aromatic rings. The quantitative estimate of drug-likeness (QED) is 0.708. The van der Waals surface area contributed by atoms with Gasteiger partial charge in [-0.2, -0.15) is 0 Å². The van der Waals surface area contributed by atoms with Gasteiger partial charge in [0.05, 0.1) is 5.69 Å². The fraction of sp³-hybridized carbons (Fsp3) is 0.375. The summed E-state index contributed by atoms with van der Waals surface area (Å²) < 4.78 is 12.7. The van der Waals surface area contributed by atoms with Crippen LogP contribution >= 0.6 is 0 Å². The molecule has 4 heteroatoms. The van der Waals surface area contributed by atoms with Gasteiger partial charge in [0.2, 0.25) is 0 Å². The van der Waals surface area contributed by atoms with Crippen molar-refractivity contribution in [1.29, 1.82) is 0 Å². The molecular weight excluding hydrogens is 161 g/mol. The van der Waals surface area contributed by atoms with Gasteiger partial charge in [-0.1, -0.05) is 0 Å². The fourth-order valence-electron chi connectivity index (χ4n) is 0.900. The van der Waals surface area contributed by atoms with E-state index < -0.39 is 11.6 Å². The normalized spacial score (nSPS) is 10.2. The standard InChI is InChI=1S/C8H10FNO2/c9-6-3-4-10-7(8(6)12)2-1-5-11/h3-4,11-12H,1-2,5H2. The van der Waals surface area contributed by atoms with Crippen molar-refractivity contribution in [2.45, 2.75) is 12.8 Å². The third-order valence-corrected chi connectivity index (χ3v) is 1.52. The number of aliphatic hydroxyl groups excluding tert-OH is 1. The molecule has 0 aliphatic heterocycles. The third kappa shape index (κ3) is 1.92. The van der Waals surface area contributed by atoms with Crippen molar-refractivity contribution in [1.82, 2.24) is 4.98 Å². The zero-order valence-corrected chi connectivity index (χ0v) is 6.50. The SMILES string of the molecule is OCCCc1nccc(F)c1O. The first-order valence-electron chi connectivity index (χ1n) is 3.69. The Kier molecular flexibility index (Phi) is 2.99. The monoisotopic (exact) mass is 171 g/mol. The molecule has 0 amide bonds. The smallest absolute Gasteiger partial charge is 0.173 e. The highest BCUT2D eigenvalue weighted by Gasteiger charge is 2.06. The van der Waals surface area contributed by atoms with E-state index in [2.05, 4.69) is 4.98 Å². The number of nitrogens with zero attached hydrogens (tertiary/aromatic N) is 1. The summed E-state index contributed by atoms with van der Waals surface area (Å²) in [6.07, 6.45) is 2.16. The minimum Gasteiger partial charge on any atom is -0.504 e. The summed E-state index contributed by atoms with van der Waals surface area (Å²) in [6, 6.07) is 1.10. The number of rotatable bonds is 3. The summed E-state index contributed by atoms with van der Waals surface area (Å²) in [7, 11) is 0. The van der Waals surface area contributed by atoms with Crippen LogP contribution in [0.3, 0.4) is 0 Å². The van der Waals surface area contributed by atoms with Crippen LogP contribution in [0.25, 0.3) is 0 Å². The van der Waals surface area contributed by atoms with Gasteiger partial charge in [-0.15, -0.1) is 0 Å². The van der Waals surface area contributed by atoms with Crippen molar-refractivity contribution in [2.75, 3.05) is 6.61 Å². The highest BCUT2D eigenvalue weighted by atomic mass is 19.1. The molecule has 0 aromatic carbocycles. The molecule has 0 aliphatic carbocycles. The molecular formula is C8H10FNO2. The van der Waals surface area contributed by atoms with E-state index in [1.54, 1.807) is 0 Å². The van der Waals surface area contributed by atoms with Gasteiger partial charge in [0.25, 0.3) is 0 Å². The maximum Gasteiger partial charge on any atom is 0.173 e. The van der Waals surface area contributed by atoms with Crippen LogP contribution in [-0.2, 0) is 6.42 Å². The average molecular weight is 171 g/mol. The molecule has 1 aromatic heterocycles. The first kappa shape index (κ1) is 8.93. The minimum atomic E-state index is -0.669. The van der Waals surface area contributed by atoms with Crippen molar-refractivity contribution in [2.24, 2.45) is 0 Å². The summed E-state index contributed by atoms with van der Waals surface area (Å²) in [5.74, 6) is -1.08. The lowest BCUT2D eigenvalue weighted by Crippen LogP contribution is -1.94. The zero-order chi connectivity index (χ0) is 8.97. The van der Waals surface area contributed by atoms with Gasteiger partial charge in [-0.3, -0.25) is 4.98 Å². The summed E-state index contributed by atoms with van der Waals surface area (Å²) in [4.78, 5) is 3.78. The second-order valence-electron chi connectivity index (χ2n) is 2.42. The van der Waals surface area contributed by atoms with Gasteiger partial charge >= 0.3 is 0 Å². The second-order valence-corrected chi connectivity index (χ2v) is 2.42. The Morgan fingerprint density at radius 3 is 2.92 bits per heavy atom. The van der Waals surface area contributed by atoms with Crippen LogP contribution in [0.1, 0.15) is 12.1 Å². The lowest BCUT2D eigenvalue weighted by atomic mass is 10.2. The molecule has 0 aliphatic rings. The van der Waals surface area contributed by atoms with E-state index >= 15 is 0 Å². The largest absolute Gasteiger partial charge is 0.504 e. The topological polar surface area (TPSA) is 53.4 Å². The van der Waals surface area contributed by atoms with E-state index in [1.165, 1.54) is 6.20 Å². The molecule has 1 rings (SSSR count). The van der Waals surface area contributed by atoms with Crippen LogP contribution in [0.4, 0.5) is 4.39 Å². The molecule has 12 heavy (non-hydrogen) atoms. The molecule has 0 saturated heterocycles. The highest BCUT2D eigenvalue weighted by Crippen LogP contribution is 2.18. The average Bonchev–Trinajstić information content (AvgIpc) is 2.08. The van der Waals surface area contributed by atoms with Crippen LogP contribution in [0, 0.1) is 5.82 Å². The molecule has 0 atom stereocenters. The summed E-state index contributed by atoms with van der Waals surface area (Å²) in [6.45, 7) is 0.0115. The molecule has 0 fully saturated rings. The molecule has 0 spiro atoms. The number of hydrogen-bond acceptors (Lipinski definition) is 3. The van der Waals surface area contributed by atoms with Crippen molar-refractivity contribution in [3.05, 3.63) is 23.8 Å². The van der Waals surface area contributed by atoms with Crippen LogP contribution in [-0.4, -0.2) is 21.8 Å². The van der Waals surface area contributed by atoms with Gasteiger partial charge in [-0.05, 0) is 18.9 Å². The zero-order valence-electron chi connectivity index (χ0n) is 6.50. The van der Waals surface area contributed by atoms with Crippen molar-refractivity contribution in [3.8, 4) is 5.75 Å². The van der Waals surface area contributed by atoms with Crippen LogP contribution < -0.4 is 0 Å². The summed E-state index contributed by atoms with van der Waals surface area (Å²) in [5.41, 5.74) is 0.295. The van der Waals surface area contributed by atoms with Crippen molar-refractivity contribution < 1.29 is 14.6 Å². The van der Waals surface area contributed by atoms with Crippen molar-refractivity contribution in [3.63, 3.8) is 0 Å². The number of pyridine rings is 1. The maximum atomic E-state index is 12.7. The minimum absolute atomic E-state index is 0.0115. The number of aliphatic hydroxyl groups is 1. The Hall–Kier alpha value is -1.16. The fourth-order valence-corrected chi connectivity index (χ4v) is 0.900. The molecule has 3 nitrogen and oxygen atoms in total. The lowest BCUT2D eigenvalue weighted by molar-refractivity contribution is 0.287. The number of aromatic nitrogens is 1.